The fourth-order valence-corrected chi connectivity index (χ4v) is 2.63. The number of aryl methyl sites for hydroxylation is 2. The number of benzene rings is 1. The number of nitrogens with zero attached hydrogens (tertiary/aromatic N) is 3. The fourth-order valence-electron chi connectivity index (χ4n) is 2.63. The van der Waals surface area contributed by atoms with Crippen molar-refractivity contribution in [1.29, 1.82) is 0 Å². The van der Waals surface area contributed by atoms with Crippen LogP contribution in [0.1, 0.15) is 29.9 Å². The molecule has 0 spiro atoms. The lowest BCUT2D eigenvalue weighted by Crippen LogP contribution is -2.39. The van der Waals surface area contributed by atoms with E-state index in [9.17, 15) is 0 Å². The van der Waals surface area contributed by atoms with Crippen molar-refractivity contribution in [2.75, 3.05) is 14.1 Å². The number of nitrogens with one attached hydrogen (secondary N) is 1. The van der Waals surface area contributed by atoms with E-state index >= 15 is 0 Å². The van der Waals surface area contributed by atoms with Crippen LogP contribution in [0.3, 0.4) is 0 Å². The third-order valence-electron chi connectivity index (χ3n) is 4.24. The van der Waals surface area contributed by atoms with Gasteiger partial charge in [-0.3, -0.25) is 4.90 Å². The maximum absolute atomic E-state index is 4.41. The molecule has 0 amide bonds. The summed E-state index contributed by atoms with van der Waals surface area (Å²) in [6.45, 7) is 5.22. The van der Waals surface area contributed by atoms with Gasteiger partial charge in [-0.2, -0.15) is 0 Å². The van der Waals surface area contributed by atoms with Crippen LogP contribution in [0.4, 0.5) is 0 Å². The van der Waals surface area contributed by atoms with E-state index in [0.29, 0.717) is 12.1 Å². The molecule has 1 aromatic carbocycles. The number of aromatic nitrogens is 2. The van der Waals surface area contributed by atoms with Crippen LogP contribution >= 0.6 is 0 Å². The Bertz CT molecular complexity index is 558. The molecule has 4 heteroatoms. The van der Waals surface area contributed by atoms with Crippen molar-refractivity contribution >= 4 is 0 Å². The molecular formula is C17H26N4. The first-order valence-corrected chi connectivity index (χ1v) is 7.43. The van der Waals surface area contributed by atoms with Gasteiger partial charge in [-0.1, -0.05) is 29.8 Å². The summed E-state index contributed by atoms with van der Waals surface area (Å²) in [5.74, 6) is 1.09. The molecular weight excluding hydrogens is 260 g/mol. The van der Waals surface area contributed by atoms with E-state index in [-0.39, 0.29) is 0 Å². The predicted molar refractivity (Wildman–Crippen MR) is 87.1 cm³/mol. The molecule has 114 valence electrons. The topological polar surface area (TPSA) is 33.1 Å². The molecule has 2 unspecified atom stereocenters. The first-order valence-electron chi connectivity index (χ1n) is 7.43. The first-order chi connectivity index (χ1) is 10.0. The van der Waals surface area contributed by atoms with Crippen LogP contribution < -0.4 is 5.32 Å². The Kier molecular flexibility index (Phi) is 5.15. The lowest BCUT2D eigenvalue weighted by atomic mass is 9.98. The standard InChI is InChI=1S/C17H26N4/c1-13-6-8-15(9-7-13)17(18-3)14(2)21(5)12-16-19-10-11-20(16)4/h6-11,14,17-18H,12H2,1-5H3. The molecule has 2 atom stereocenters. The summed E-state index contributed by atoms with van der Waals surface area (Å²) in [6.07, 6.45) is 3.84. The number of imidazole rings is 1. The maximum atomic E-state index is 4.41. The number of hydrogen-bond acceptors (Lipinski definition) is 3. The second-order valence-electron chi connectivity index (χ2n) is 5.79. The van der Waals surface area contributed by atoms with Gasteiger partial charge < -0.3 is 9.88 Å². The molecule has 0 radical (unpaired) electrons. The van der Waals surface area contributed by atoms with Crippen LogP contribution in [0.2, 0.25) is 0 Å². The average Bonchev–Trinajstić information content (AvgIpc) is 2.87. The van der Waals surface area contributed by atoms with Crippen LogP contribution in [0.15, 0.2) is 36.7 Å². The molecule has 2 aromatic rings. The summed E-state index contributed by atoms with van der Waals surface area (Å²) in [6, 6.07) is 9.43. The number of rotatable bonds is 6. The summed E-state index contributed by atoms with van der Waals surface area (Å²) in [5, 5.41) is 3.44. The van der Waals surface area contributed by atoms with E-state index in [1.807, 2.05) is 26.5 Å². The van der Waals surface area contributed by atoms with Gasteiger partial charge in [0.1, 0.15) is 5.82 Å². The van der Waals surface area contributed by atoms with Crippen molar-refractivity contribution in [2.45, 2.75) is 32.5 Å². The Morgan fingerprint density at radius 3 is 2.48 bits per heavy atom. The number of likely N-dealkylation sites (N-methyl/N-ethyl adjacent to an activating group) is 2. The highest BCUT2D eigenvalue weighted by Gasteiger charge is 2.22. The summed E-state index contributed by atoms with van der Waals surface area (Å²) < 4.78 is 2.07. The molecule has 4 nitrogen and oxygen atoms in total. The van der Waals surface area contributed by atoms with Crippen LogP contribution in [-0.4, -0.2) is 34.6 Å². The summed E-state index contributed by atoms with van der Waals surface area (Å²) >= 11 is 0. The molecule has 1 aromatic heterocycles. The third kappa shape index (κ3) is 3.71. The fraction of sp³-hybridized carbons (Fsp3) is 0.471. The second-order valence-corrected chi connectivity index (χ2v) is 5.79. The van der Waals surface area contributed by atoms with Crippen molar-refractivity contribution in [3.8, 4) is 0 Å². The Morgan fingerprint density at radius 2 is 1.95 bits per heavy atom. The molecule has 21 heavy (non-hydrogen) atoms. The highest BCUT2D eigenvalue weighted by Crippen LogP contribution is 2.21. The zero-order chi connectivity index (χ0) is 15.4. The quantitative estimate of drug-likeness (QED) is 0.886. The van der Waals surface area contributed by atoms with E-state index < -0.39 is 0 Å². The van der Waals surface area contributed by atoms with Crippen LogP contribution in [0, 0.1) is 6.92 Å². The van der Waals surface area contributed by atoms with Gasteiger partial charge in [-0.05, 0) is 33.5 Å². The van der Waals surface area contributed by atoms with E-state index in [0.717, 1.165) is 12.4 Å². The molecule has 0 saturated heterocycles. The highest BCUT2D eigenvalue weighted by molar-refractivity contribution is 5.25. The van der Waals surface area contributed by atoms with Crippen LogP contribution in [0.25, 0.3) is 0 Å². The molecule has 1 N–H and O–H groups in total. The van der Waals surface area contributed by atoms with Crippen molar-refractivity contribution in [3.63, 3.8) is 0 Å². The van der Waals surface area contributed by atoms with E-state index in [4.69, 9.17) is 0 Å². The number of hydrogen-bond donors (Lipinski definition) is 1. The van der Waals surface area contributed by atoms with Gasteiger partial charge >= 0.3 is 0 Å². The predicted octanol–water partition coefficient (Wildman–Crippen LogP) is 2.51. The maximum Gasteiger partial charge on any atom is 0.122 e. The summed E-state index contributed by atoms with van der Waals surface area (Å²) in [7, 11) is 6.21. The zero-order valence-corrected chi connectivity index (χ0v) is 13.7. The lowest BCUT2D eigenvalue weighted by molar-refractivity contribution is 0.198. The van der Waals surface area contributed by atoms with E-state index in [1.54, 1.807) is 0 Å². The average molecular weight is 286 g/mol. The molecule has 0 aliphatic rings. The Hall–Kier alpha value is -1.65. The summed E-state index contributed by atoms with van der Waals surface area (Å²) in [4.78, 5) is 6.75. The second kappa shape index (κ2) is 6.87. The van der Waals surface area contributed by atoms with Gasteiger partial charge in [0.15, 0.2) is 0 Å². The molecule has 0 aliphatic heterocycles. The van der Waals surface area contributed by atoms with Crippen molar-refractivity contribution in [1.82, 2.24) is 19.8 Å². The van der Waals surface area contributed by atoms with Gasteiger partial charge in [0.25, 0.3) is 0 Å². The molecule has 1 heterocycles. The third-order valence-corrected chi connectivity index (χ3v) is 4.24. The zero-order valence-electron chi connectivity index (χ0n) is 13.7. The van der Waals surface area contributed by atoms with Gasteiger partial charge in [0.05, 0.1) is 6.54 Å². The Balaban J connectivity index is 2.10. The smallest absolute Gasteiger partial charge is 0.122 e. The van der Waals surface area contributed by atoms with E-state index in [1.165, 1.54) is 11.1 Å². The highest BCUT2D eigenvalue weighted by atomic mass is 15.2. The minimum absolute atomic E-state index is 0.302. The lowest BCUT2D eigenvalue weighted by Gasteiger charge is -2.32. The Morgan fingerprint density at radius 1 is 1.29 bits per heavy atom. The van der Waals surface area contributed by atoms with Gasteiger partial charge in [-0.15, -0.1) is 0 Å². The Labute approximate surface area is 127 Å². The normalized spacial score (nSPS) is 14.4. The molecule has 0 aliphatic carbocycles. The van der Waals surface area contributed by atoms with Crippen LogP contribution in [-0.2, 0) is 13.6 Å². The minimum Gasteiger partial charge on any atom is -0.337 e. The van der Waals surface area contributed by atoms with Crippen molar-refractivity contribution in [3.05, 3.63) is 53.6 Å². The van der Waals surface area contributed by atoms with Gasteiger partial charge in [0.2, 0.25) is 0 Å². The van der Waals surface area contributed by atoms with E-state index in [2.05, 4.69) is 64.9 Å². The first kappa shape index (κ1) is 15.7. The van der Waals surface area contributed by atoms with Crippen molar-refractivity contribution in [2.24, 2.45) is 7.05 Å². The monoisotopic (exact) mass is 286 g/mol. The summed E-state index contributed by atoms with van der Waals surface area (Å²) in [5.41, 5.74) is 2.62. The van der Waals surface area contributed by atoms with Gasteiger partial charge in [-0.25, -0.2) is 4.98 Å². The molecule has 0 fully saturated rings. The molecule has 0 saturated carbocycles. The van der Waals surface area contributed by atoms with Crippen LogP contribution in [0.5, 0.6) is 0 Å². The molecule has 0 bridgehead atoms. The SMILES string of the molecule is CNC(c1ccc(C)cc1)C(C)N(C)Cc1nccn1C. The largest absolute Gasteiger partial charge is 0.337 e. The molecule has 2 rings (SSSR count). The van der Waals surface area contributed by atoms with Crippen molar-refractivity contribution < 1.29 is 0 Å². The minimum atomic E-state index is 0.302. The van der Waals surface area contributed by atoms with Gasteiger partial charge in [0, 0.05) is 31.5 Å².